The van der Waals surface area contributed by atoms with Crippen molar-refractivity contribution in [1.29, 1.82) is 0 Å². The molecule has 0 radical (unpaired) electrons. The highest BCUT2D eigenvalue weighted by Gasteiger charge is 2.24. The maximum atomic E-state index is 11.3. The van der Waals surface area contributed by atoms with Gasteiger partial charge in [0.15, 0.2) is 11.5 Å². The van der Waals surface area contributed by atoms with Crippen LogP contribution in [0.3, 0.4) is 0 Å². The van der Waals surface area contributed by atoms with Crippen LogP contribution in [0.2, 0.25) is 0 Å². The number of hydrogen-bond donors (Lipinski definition) is 0. The van der Waals surface area contributed by atoms with Gasteiger partial charge in [0.1, 0.15) is 13.2 Å². The summed E-state index contributed by atoms with van der Waals surface area (Å²) in [6.07, 6.45) is 0. The lowest BCUT2D eigenvalue weighted by molar-refractivity contribution is -0.142. The van der Waals surface area contributed by atoms with Gasteiger partial charge in [-0.2, -0.15) is 0 Å². The molecule has 0 unspecified atom stereocenters. The molecule has 0 N–H and O–H groups in total. The zero-order chi connectivity index (χ0) is 16.7. The Kier molecular flexibility index (Phi) is 6.52. The van der Waals surface area contributed by atoms with Crippen molar-refractivity contribution >= 4 is 11.7 Å². The van der Waals surface area contributed by atoms with E-state index in [0.717, 1.165) is 43.4 Å². The van der Waals surface area contributed by atoms with E-state index in [4.69, 9.17) is 14.2 Å². The van der Waals surface area contributed by atoms with Crippen molar-refractivity contribution in [2.75, 3.05) is 57.9 Å². The predicted octanol–water partition coefficient (Wildman–Crippen LogP) is 1.78. The first kappa shape index (κ1) is 17.4. The molecule has 1 fully saturated rings. The molecule has 0 atom stereocenters. The summed E-state index contributed by atoms with van der Waals surface area (Å²) >= 11 is 0. The zero-order valence-electron chi connectivity index (χ0n) is 14.2. The quantitative estimate of drug-likeness (QED) is 0.791. The molecule has 1 saturated heterocycles. The molecule has 0 aliphatic carbocycles. The summed E-state index contributed by atoms with van der Waals surface area (Å²) in [4.78, 5) is 15.7. The molecule has 3 rings (SSSR count). The van der Waals surface area contributed by atoms with Crippen LogP contribution in [0.1, 0.15) is 13.8 Å². The van der Waals surface area contributed by atoms with Gasteiger partial charge in [-0.15, -0.1) is 0 Å². The van der Waals surface area contributed by atoms with Gasteiger partial charge in [0, 0.05) is 26.2 Å². The summed E-state index contributed by atoms with van der Waals surface area (Å²) in [5.74, 6) is 1.47. The molecule has 2 heterocycles. The van der Waals surface area contributed by atoms with E-state index in [2.05, 4.69) is 15.9 Å². The number of carbonyl (C=O) groups excluding carboxylic acids is 1. The number of anilines is 1. The Labute approximate surface area is 137 Å². The third-order valence-corrected chi connectivity index (χ3v) is 3.84. The van der Waals surface area contributed by atoms with Gasteiger partial charge in [-0.25, -0.2) is 0 Å². The Morgan fingerprint density at radius 2 is 1.83 bits per heavy atom. The monoisotopic (exact) mass is 322 g/mol. The Hall–Kier alpha value is -1.95. The first-order chi connectivity index (χ1) is 11.3. The maximum Gasteiger partial charge on any atom is 0.319 e. The standard InChI is InChI=1S/C15H20N2O4.C2H6/c1-19-14(18)11-16-5-7-17(8-6-16)12-3-2-4-13-15(12)21-10-9-20-13;1-2/h2-4H,5-11H2,1H3;1-2H3. The summed E-state index contributed by atoms with van der Waals surface area (Å²) in [6, 6.07) is 5.98. The highest BCUT2D eigenvalue weighted by Crippen LogP contribution is 2.39. The second-order valence-corrected chi connectivity index (χ2v) is 5.14. The number of para-hydroxylation sites is 1. The van der Waals surface area contributed by atoms with Crippen molar-refractivity contribution in [2.24, 2.45) is 0 Å². The number of methoxy groups -OCH3 is 1. The molecule has 6 nitrogen and oxygen atoms in total. The van der Waals surface area contributed by atoms with E-state index in [-0.39, 0.29) is 5.97 Å². The van der Waals surface area contributed by atoms with E-state index in [9.17, 15) is 4.79 Å². The molecule has 0 bridgehead atoms. The van der Waals surface area contributed by atoms with E-state index in [1.54, 1.807) is 0 Å². The highest BCUT2D eigenvalue weighted by atomic mass is 16.6. The number of fused-ring (bicyclic) bond motifs is 1. The fourth-order valence-corrected chi connectivity index (χ4v) is 2.70. The molecule has 23 heavy (non-hydrogen) atoms. The topological polar surface area (TPSA) is 51.2 Å². The van der Waals surface area contributed by atoms with Gasteiger partial charge in [-0.3, -0.25) is 9.69 Å². The molecule has 6 heteroatoms. The fourth-order valence-electron chi connectivity index (χ4n) is 2.70. The number of ether oxygens (including phenoxy) is 3. The predicted molar refractivity (Wildman–Crippen MR) is 89.4 cm³/mol. The van der Waals surface area contributed by atoms with Crippen LogP contribution < -0.4 is 14.4 Å². The van der Waals surface area contributed by atoms with Crippen molar-refractivity contribution in [1.82, 2.24) is 4.90 Å². The summed E-state index contributed by atoms with van der Waals surface area (Å²) < 4.78 is 16.1. The van der Waals surface area contributed by atoms with Crippen LogP contribution in [0, 0.1) is 0 Å². The third kappa shape index (κ3) is 4.28. The van der Waals surface area contributed by atoms with Crippen LogP contribution in [0.4, 0.5) is 5.69 Å². The summed E-state index contributed by atoms with van der Waals surface area (Å²) in [5.41, 5.74) is 1.07. The smallest absolute Gasteiger partial charge is 0.319 e. The average molecular weight is 322 g/mol. The van der Waals surface area contributed by atoms with E-state index < -0.39 is 0 Å². The van der Waals surface area contributed by atoms with Crippen LogP contribution in [-0.4, -0.2) is 63.9 Å². The van der Waals surface area contributed by atoms with E-state index in [0.29, 0.717) is 19.8 Å². The summed E-state index contributed by atoms with van der Waals surface area (Å²) in [6.45, 7) is 8.93. The first-order valence-electron chi connectivity index (χ1n) is 8.20. The van der Waals surface area contributed by atoms with Crippen LogP contribution in [0.15, 0.2) is 18.2 Å². The normalized spacial score (nSPS) is 17.1. The Bertz CT molecular complexity index is 513. The van der Waals surface area contributed by atoms with E-state index >= 15 is 0 Å². The third-order valence-electron chi connectivity index (χ3n) is 3.84. The molecule has 0 saturated carbocycles. The SMILES string of the molecule is CC.COC(=O)CN1CCN(c2cccc3c2OCCO3)CC1. The van der Waals surface area contributed by atoms with Gasteiger partial charge in [0.05, 0.1) is 19.3 Å². The second-order valence-electron chi connectivity index (χ2n) is 5.14. The lowest BCUT2D eigenvalue weighted by atomic mass is 10.2. The molecule has 2 aliphatic heterocycles. The van der Waals surface area contributed by atoms with Gasteiger partial charge >= 0.3 is 5.97 Å². The second kappa shape index (κ2) is 8.62. The molecular formula is C17H26N2O4. The number of benzene rings is 1. The maximum absolute atomic E-state index is 11.3. The minimum atomic E-state index is -0.183. The fraction of sp³-hybridized carbons (Fsp3) is 0.588. The number of esters is 1. The van der Waals surface area contributed by atoms with Crippen molar-refractivity contribution in [3.05, 3.63) is 18.2 Å². The highest BCUT2D eigenvalue weighted by molar-refractivity contribution is 5.71. The molecule has 1 aromatic carbocycles. The van der Waals surface area contributed by atoms with Crippen molar-refractivity contribution in [2.45, 2.75) is 13.8 Å². The minimum absolute atomic E-state index is 0.183. The average Bonchev–Trinajstić information content (AvgIpc) is 2.63. The van der Waals surface area contributed by atoms with Crippen molar-refractivity contribution < 1.29 is 19.0 Å². The largest absolute Gasteiger partial charge is 0.486 e. The van der Waals surface area contributed by atoms with Gasteiger partial charge in [-0.1, -0.05) is 19.9 Å². The Morgan fingerprint density at radius 3 is 2.52 bits per heavy atom. The molecular weight excluding hydrogens is 296 g/mol. The lowest BCUT2D eigenvalue weighted by Crippen LogP contribution is -2.48. The van der Waals surface area contributed by atoms with E-state index in [1.807, 2.05) is 26.0 Å². The van der Waals surface area contributed by atoms with Crippen molar-refractivity contribution in [3.8, 4) is 11.5 Å². The molecule has 128 valence electrons. The van der Waals surface area contributed by atoms with E-state index in [1.165, 1.54) is 7.11 Å². The molecule has 1 aromatic rings. The molecule has 0 amide bonds. The van der Waals surface area contributed by atoms with Gasteiger partial charge in [-0.05, 0) is 12.1 Å². The summed E-state index contributed by atoms with van der Waals surface area (Å²) in [7, 11) is 1.42. The van der Waals surface area contributed by atoms with Crippen LogP contribution in [0.5, 0.6) is 11.5 Å². The van der Waals surface area contributed by atoms with Gasteiger partial charge < -0.3 is 19.1 Å². The number of hydrogen-bond acceptors (Lipinski definition) is 6. The molecule has 2 aliphatic rings. The lowest BCUT2D eigenvalue weighted by Gasteiger charge is -2.36. The van der Waals surface area contributed by atoms with Crippen LogP contribution in [-0.2, 0) is 9.53 Å². The minimum Gasteiger partial charge on any atom is -0.486 e. The van der Waals surface area contributed by atoms with Crippen molar-refractivity contribution in [3.63, 3.8) is 0 Å². The Morgan fingerprint density at radius 1 is 1.13 bits per heavy atom. The van der Waals surface area contributed by atoms with Gasteiger partial charge in [0.25, 0.3) is 0 Å². The van der Waals surface area contributed by atoms with Gasteiger partial charge in [0.2, 0.25) is 0 Å². The number of nitrogens with zero attached hydrogens (tertiary/aromatic N) is 2. The first-order valence-corrected chi connectivity index (χ1v) is 8.20. The molecule has 0 spiro atoms. The van der Waals surface area contributed by atoms with Crippen LogP contribution in [0.25, 0.3) is 0 Å². The molecule has 0 aromatic heterocycles. The number of piperazine rings is 1. The number of rotatable bonds is 3. The zero-order valence-corrected chi connectivity index (χ0v) is 14.2. The number of carbonyl (C=O) groups is 1. The Balaban J connectivity index is 0.000000924. The summed E-state index contributed by atoms with van der Waals surface area (Å²) in [5, 5.41) is 0. The van der Waals surface area contributed by atoms with Crippen LogP contribution >= 0.6 is 0 Å².